The number of Topliss-reactive ketones (excluding diaryl/α,β-unsaturated/α-hetero) is 1. The fourth-order valence-electron chi connectivity index (χ4n) is 6.53. The molecule has 2 heterocycles. The maximum Gasteiger partial charge on any atom is 0.289 e. The summed E-state index contributed by atoms with van der Waals surface area (Å²) in [6, 6.07) is -3.78. The first-order chi connectivity index (χ1) is 21.7. The molecule has 3 aliphatic rings. The first kappa shape index (κ1) is 35.0. The van der Waals surface area contributed by atoms with Crippen LogP contribution < -0.4 is 21.3 Å². The lowest BCUT2D eigenvalue weighted by Crippen LogP contribution is -2.62. The second-order valence-electron chi connectivity index (χ2n) is 14.4. The van der Waals surface area contributed by atoms with E-state index in [0.717, 1.165) is 32.1 Å². The van der Waals surface area contributed by atoms with Crippen molar-refractivity contribution in [1.29, 1.82) is 0 Å². The molecule has 15 heteroatoms. The Hall–Kier alpha value is -3.91. The Balaban J connectivity index is 1.51. The van der Waals surface area contributed by atoms with Gasteiger partial charge >= 0.3 is 0 Å². The van der Waals surface area contributed by atoms with Crippen LogP contribution in [0.4, 0.5) is 0 Å². The summed E-state index contributed by atoms with van der Waals surface area (Å²) in [6.07, 6.45) is 4.93. The number of nitrogens with one attached hydrogen (secondary N) is 5. The van der Waals surface area contributed by atoms with E-state index in [-0.39, 0.29) is 36.0 Å². The number of aromatic amines is 1. The summed E-state index contributed by atoms with van der Waals surface area (Å²) in [7, 11) is 0. The number of carbonyl (C=O) groups excluding carboxylic acids is 6. The van der Waals surface area contributed by atoms with Crippen molar-refractivity contribution in [1.82, 2.24) is 46.8 Å². The van der Waals surface area contributed by atoms with Crippen LogP contribution in [0.3, 0.4) is 0 Å². The van der Waals surface area contributed by atoms with Gasteiger partial charge in [0.15, 0.2) is 5.82 Å². The lowest BCUT2D eigenvalue weighted by Gasteiger charge is -2.37. The second kappa shape index (κ2) is 14.7. The molecule has 1 aromatic heterocycles. The number of hydrogen-bond donors (Lipinski definition) is 5. The Morgan fingerprint density at radius 3 is 2.30 bits per heavy atom. The van der Waals surface area contributed by atoms with E-state index in [2.05, 4.69) is 41.9 Å². The maximum absolute atomic E-state index is 14.4. The lowest BCUT2D eigenvalue weighted by atomic mass is 9.85. The Kier molecular flexibility index (Phi) is 11.1. The van der Waals surface area contributed by atoms with Crippen LogP contribution in [0.25, 0.3) is 0 Å². The number of likely N-dealkylation sites (tertiary alicyclic amines) is 1. The van der Waals surface area contributed by atoms with Crippen LogP contribution in [-0.2, 0) is 35.2 Å². The molecule has 15 nitrogen and oxygen atoms in total. The summed E-state index contributed by atoms with van der Waals surface area (Å²) < 4.78 is 0. The van der Waals surface area contributed by atoms with Crippen molar-refractivity contribution < 1.29 is 28.8 Å². The number of tetrazole rings is 1. The van der Waals surface area contributed by atoms with Gasteiger partial charge in [0.25, 0.3) is 5.91 Å². The first-order valence-electron chi connectivity index (χ1n) is 16.5. The molecule has 254 valence electrons. The third-order valence-electron chi connectivity index (χ3n) is 9.16. The topological polar surface area (TPSA) is 208 Å². The minimum absolute atomic E-state index is 0.00948. The SMILES string of the molecule is CCCC(NC(=O)[C@@H]1[C@H]2CCC[C@H]2CN1C(=O)[C@H](NC(=O)[C@@H](NC(=O)Cc1nn[nH]n1)C(C)C)C(C)(C)C)C(=O)C(=O)NC1CC1. The number of ketones is 1. The van der Waals surface area contributed by atoms with Crippen LogP contribution in [0.1, 0.15) is 92.3 Å². The molecule has 1 unspecified atom stereocenters. The van der Waals surface area contributed by atoms with Gasteiger partial charge in [0.1, 0.15) is 18.1 Å². The van der Waals surface area contributed by atoms with Gasteiger partial charge in [-0.1, -0.05) is 59.6 Å². The molecule has 6 atom stereocenters. The van der Waals surface area contributed by atoms with E-state index in [0.29, 0.717) is 19.4 Å². The number of fused-ring (bicyclic) bond motifs is 1. The number of amides is 5. The number of aromatic nitrogens is 4. The molecule has 2 aliphatic carbocycles. The van der Waals surface area contributed by atoms with E-state index in [9.17, 15) is 28.8 Å². The van der Waals surface area contributed by atoms with Crippen molar-refractivity contribution >= 4 is 35.3 Å². The lowest BCUT2D eigenvalue weighted by molar-refractivity contribution is -0.146. The molecule has 2 saturated carbocycles. The van der Waals surface area contributed by atoms with Crippen molar-refractivity contribution in [2.24, 2.45) is 23.2 Å². The van der Waals surface area contributed by atoms with E-state index < -0.39 is 64.9 Å². The molecular weight excluding hydrogens is 594 g/mol. The fourth-order valence-corrected chi connectivity index (χ4v) is 6.53. The average Bonchev–Trinajstić information content (AvgIpc) is 3.32. The maximum atomic E-state index is 14.4. The monoisotopic (exact) mass is 643 g/mol. The number of rotatable bonds is 14. The van der Waals surface area contributed by atoms with Gasteiger partial charge in [0.05, 0.1) is 12.5 Å². The third-order valence-corrected chi connectivity index (χ3v) is 9.16. The third kappa shape index (κ3) is 8.46. The van der Waals surface area contributed by atoms with Crippen LogP contribution in [-0.4, -0.2) is 97.6 Å². The van der Waals surface area contributed by atoms with Gasteiger partial charge in [-0.2, -0.15) is 5.21 Å². The molecule has 0 radical (unpaired) electrons. The second-order valence-corrected chi connectivity index (χ2v) is 14.4. The van der Waals surface area contributed by atoms with Gasteiger partial charge in [-0.25, -0.2) is 0 Å². The van der Waals surface area contributed by atoms with Gasteiger partial charge < -0.3 is 26.2 Å². The summed E-state index contributed by atoms with van der Waals surface area (Å²) in [5, 5.41) is 24.4. The molecule has 0 aromatic carbocycles. The predicted octanol–water partition coefficient (Wildman–Crippen LogP) is 0.174. The molecule has 46 heavy (non-hydrogen) atoms. The van der Waals surface area contributed by atoms with Gasteiger partial charge in [-0.05, 0) is 55.3 Å². The Bertz CT molecular complexity index is 1290. The molecule has 0 spiro atoms. The van der Waals surface area contributed by atoms with Gasteiger partial charge in [0, 0.05) is 12.6 Å². The predicted molar refractivity (Wildman–Crippen MR) is 165 cm³/mol. The van der Waals surface area contributed by atoms with Gasteiger partial charge in [-0.3, -0.25) is 28.8 Å². The minimum Gasteiger partial charge on any atom is -0.347 e. The quantitative estimate of drug-likeness (QED) is 0.175. The smallest absolute Gasteiger partial charge is 0.289 e. The number of hydrogen-bond acceptors (Lipinski definition) is 9. The van der Waals surface area contributed by atoms with Crippen LogP contribution >= 0.6 is 0 Å². The fraction of sp³-hybridized carbons (Fsp3) is 0.774. The summed E-state index contributed by atoms with van der Waals surface area (Å²) in [5.41, 5.74) is -0.747. The van der Waals surface area contributed by atoms with Crippen LogP contribution in [0.5, 0.6) is 0 Å². The van der Waals surface area contributed by atoms with E-state index in [1.165, 1.54) is 0 Å². The zero-order chi connectivity index (χ0) is 33.8. The van der Waals surface area contributed by atoms with Crippen molar-refractivity contribution in [3.05, 3.63) is 5.82 Å². The molecular formula is C31H49N9O6. The van der Waals surface area contributed by atoms with Crippen molar-refractivity contribution in [2.45, 2.75) is 123 Å². The molecule has 3 fully saturated rings. The Morgan fingerprint density at radius 2 is 1.72 bits per heavy atom. The molecule has 1 saturated heterocycles. The molecule has 1 aromatic rings. The molecule has 0 bridgehead atoms. The van der Waals surface area contributed by atoms with E-state index in [1.807, 2.05) is 27.7 Å². The molecule has 5 amide bonds. The van der Waals surface area contributed by atoms with Crippen molar-refractivity contribution in [3.8, 4) is 0 Å². The first-order valence-corrected chi connectivity index (χ1v) is 16.5. The van der Waals surface area contributed by atoms with Crippen molar-refractivity contribution in [2.75, 3.05) is 6.54 Å². The van der Waals surface area contributed by atoms with Gasteiger partial charge in [-0.15, -0.1) is 10.2 Å². The minimum atomic E-state index is -1.01. The summed E-state index contributed by atoms with van der Waals surface area (Å²) >= 11 is 0. The number of H-pyrrole nitrogens is 1. The van der Waals surface area contributed by atoms with Crippen LogP contribution in [0, 0.1) is 23.2 Å². The highest BCUT2D eigenvalue weighted by atomic mass is 16.2. The van der Waals surface area contributed by atoms with E-state index in [4.69, 9.17) is 0 Å². The Labute approximate surface area is 269 Å². The largest absolute Gasteiger partial charge is 0.347 e. The zero-order valence-corrected chi connectivity index (χ0v) is 27.7. The average molecular weight is 644 g/mol. The molecule has 4 rings (SSSR count). The number of carbonyl (C=O) groups is 6. The van der Waals surface area contributed by atoms with Crippen LogP contribution in [0.15, 0.2) is 0 Å². The van der Waals surface area contributed by atoms with E-state index >= 15 is 0 Å². The zero-order valence-electron chi connectivity index (χ0n) is 27.7. The molecule has 5 N–H and O–H groups in total. The summed E-state index contributed by atoms with van der Waals surface area (Å²) in [5.74, 6) is -3.34. The summed E-state index contributed by atoms with van der Waals surface area (Å²) in [6.45, 7) is 11.3. The molecule has 1 aliphatic heterocycles. The normalized spacial score (nSPS) is 22.8. The number of nitrogens with zero attached hydrogens (tertiary/aromatic N) is 4. The Morgan fingerprint density at radius 1 is 1.00 bits per heavy atom. The summed E-state index contributed by atoms with van der Waals surface area (Å²) in [4.78, 5) is 81.8. The standard InChI is InChI=1S/C31H49N9O6/c1-7-9-20(25(42)29(45)32-18-12-13-18)33-28(44)24-19-11-8-10-17(19)15-40(24)30(46)26(31(4,5)6)35-27(43)23(16(2)3)34-22(41)14-21-36-38-39-37-21/h16-20,23-24,26H,7-15H2,1-6H3,(H,32,45)(H,33,44)(H,34,41)(H,35,43)(H,36,37,38,39)/t17-,19-,20?,23-,24-,26-/m0/s1. The highest BCUT2D eigenvalue weighted by molar-refractivity contribution is 6.38. The van der Waals surface area contributed by atoms with Crippen LogP contribution in [0.2, 0.25) is 0 Å². The highest BCUT2D eigenvalue weighted by Crippen LogP contribution is 2.43. The highest BCUT2D eigenvalue weighted by Gasteiger charge is 2.52. The van der Waals surface area contributed by atoms with Crippen molar-refractivity contribution in [3.63, 3.8) is 0 Å². The van der Waals surface area contributed by atoms with Gasteiger partial charge in [0.2, 0.25) is 29.4 Å². The van der Waals surface area contributed by atoms with E-state index in [1.54, 1.807) is 18.7 Å².